The van der Waals surface area contributed by atoms with Gasteiger partial charge in [0, 0.05) is 0 Å². The van der Waals surface area contributed by atoms with Crippen LogP contribution in [0.25, 0.3) is 6.08 Å². The fraction of sp³-hybridized carbons (Fsp3) is 0.120. The summed E-state index contributed by atoms with van der Waals surface area (Å²) in [5.74, 6) is 0.0493. The summed E-state index contributed by atoms with van der Waals surface area (Å²) in [6.07, 6.45) is 1.69. The third kappa shape index (κ3) is 4.86. The van der Waals surface area contributed by atoms with Gasteiger partial charge in [-0.2, -0.15) is 8.42 Å². The second kappa shape index (κ2) is 9.61. The number of hydrogen-bond acceptors (Lipinski definition) is 7. The largest absolute Gasteiger partial charge is 0.493 e. The lowest BCUT2D eigenvalue weighted by molar-refractivity contribution is -0.113. The summed E-state index contributed by atoms with van der Waals surface area (Å²) in [6, 6.07) is 18.4. The first-order valence-electron chi connectivity index (χ1n) is 10.2. The van der Waals surface area contributed by atoms with Crippen LogP contribution in [0.2, 0.25) is 0 Å². The topological polar surface area (TPSA) is 72.9 Å². The van der Waals surface area contributed by atoms with Gasteiger partial charge < -0.3 is 8.92 Å². The molecule has 3 aromatic rings. The van der Waals surface area contributed by atoms with Crippen molar-refractivity contribution >= 4 is 56.1 Å². The Morgan fingerprint density at radius 2 is 1.68 bits per heavy atom. The van der Waals surface area contributed by atoms with E-state index in [1.165, 1.54) is 42.0 Å². The van der Waals surface area contributed by atoms with Crippen LogP contribution in [-0.2, 0) is 14.9 Å². The molecule has 0 atom stereocenters. The molecule has 0 N–H and O–H groups in total. The van der Waals surface area contributed by atoms with Crippen LogP contribution in [0, 0.1) is 13.8 Å². The molecular formula is C25H21NO5S3. The number of rotatable bonds is 6. The lowest BCUT2D eigenvalue weighted by Gasteiger charge is -2.16. The molecule has 1 fully saturated rings. The van der Waals surface area contributed by atoms with Crippen molar-refractivity contribution in [3.8, 4) is 11.5 Å². The van der Waals surface area contributed by atoms with E-state index >= 15 is 0 Å². The van der Waals surface area contributed by atoms with Gasteiger partial charge in [-0.25, -0.2) is 0 Å². The second-order valence-electron chi connectivity index (χ2n) is 7.55. The number of thiocarbonyl (C=S) groups is 1. The van der Waals surface area contributed by atoms with Crippen molar-refractivity contribution in [2.45, 2.75) is 18.7 Å². The van der Waals surface area contributed by atoms with E-state index in [-0.39, 0.29) is 22.3 Å². The molecule has 1 amide bonds. The molecule has 1 saturated heterocycles. The van der Waals surface area contributed by atoms with Crippen molar-refractivity contribution in [1.82, 2.24) is 0 Å². The minimum absolute atomic E-state index is 0.0381. The molecule has 3 aromatic carbocycles. The summed E-state index contributed by atoms with van der Waals surface area (Å²) < 4.78 is 36.2. The van der Waals surface area contributed by atoms with Crippen molar-refractivity contribution in [3.63, 3.8) is 0 Å². The molecule has 6 nitrogen and oxygen atoms in total. The van der Waals surface area contributed by atoms with Gasteiger partial charge in [0.15, 0.2) is 15.8 Å². The minimum atomic E-state index is -4.02. The van der Waals surface area contributed by atoms with Crippen molar-refractivity contribution in [2.75, 3.05) is 12.0 Å². The number of thioether (sulfide) groups is 1. The van der Waals surface area contributed by atoms with E-state index in [1.807, 2.05) is 32.0 Å². The smallest absolute Gasteiger partial charge is 0.339 e. The number of aryl methyl sites for hydroxylation is 2. The molecule has 34 heavy (non-hydrogen) atoms. The van der Waals surface area contributed by atoms with Crippen LogP contribution in [0.4, 0.5) is 5.69 Å². The molecule has 0 radical (unpaired) electrons. The summed E-state index contributed by atoms with van der Waals surface area (Å²) in [6.45, 7) is 4.00. The highest BCUT2D eigenvalue weighted by Crippen LogP contribution is 2.38. The van der Waals surface area contributed by atoms with Crippen LogP contribution in [0.5, 0.6) is 11.5 Å². The Morgan fingerprint density at radius 3 is 2.35 bits per heavy atom. The average molecular weight is 512 g/mol. The van der Waals surface area contributed by atoms with Crippen LogP contribution >= 0.6 is 24.0 Å². The first kappa shape index (κ1) is 24.0. The first-order chi connectivity index (χ1) is 16.2. The Labute approximate surface area is 208 Å². The standard InChI is InChI=1S/C25H21NO5S3/c1-16-9-11-19(13-17(16)2)26-24(27)23(33-25(26)32)15-18-10-12-21(22(14-18)30-3)31-34(28,29)20-7-5-4-6-8-20/h4-15H,1-3H3/b23-15+. The third-order valence-electron chi connectivity index (χ3n) is 5.26. The number of carbonyl (C=O) groups excluding carboxylic acids is 1. The van der Waals surface area contributed by atoms with Gasteiger partial charge in [0.25, 0.3) is 5.91 Å². The van der Waals surface area contributed by atoms with Gasteiger partial charge in [0.2, 0.25) is 0 Å². The third-order valence-corrected chi connectivity index (χ3v) is 7.81. The molecule has 0 aromatic heterocycles. The molecule has 0 aliphatic carbocycles. The predicted octanol–water partition coefficient (Wildman–Crippen LogP) is 5.49. The molecule has 0 saturated carbocycles. The molecule has 174 valence electrons. The maximum Gasteiger partial charge on any atom is 0.339 e. The SMILES string of the molecule is COc1cc(/C=C2/SC(=S)N(c3ccc(C)c(C)c3)C2=O)ccc1OS(=O)(=O)c1ccccc1. The van der Waals surface area contributed by atoms with Crippen LogP contribution in [0.15, 0.2) is 76.5 Å². The van der Waals surface area contributed by atoms with Crippen LogP contribution in [-0.4, -0.2) is 25.8 Å². The lowest BCUT2D eigenvalue weighted by atomic mass is 10.1. The van der Waals surface area contributed by atoms with Gasteiger partial charge in [0.05, 0.1) is 17.7 Å². The Hall–Kier alpha value is -3.14. The van der Waals surface area contributed by atoms with Gasteiger partial charge in [-0.05, 0) is 73.0 Å². The highest BCUT2D eigenvalue weighted by molar-refractivity contribution is 8.27. The van der Waals surface area contributed by atoms with E-state index in [2.05, 4.69) is 0 Å². The highest BCUT2D eigenvalue weighted by Gasteiger charge is 2.33. The van der Waals surface area contributed by atoms with E-state index in [0.29, 0.717) is 14.8 Å². The zero-order valence-electron chi connectivity index (χ0n) is 18.6. The van der Waals surface area contributed by atoms with Gasteiger partial charge in [-0.1, -0.05) is 54.3 Å². The summed E-state index contributed by atoms with van der Waals surface area (Å²) in [4.78, 5) is 15.1. The van der Waals surface area contributed by atoms with Crippen LogP contribution in [0.1, 0.15) is 16.7 Å². The quantitative estimate of drug-likeness (QED) is 0.246. The van der Waals surface area contributed by atoms with Gasteiger partial charge in [0.1, 0.15) is 4.90 Å². The normalized spacial score (nSPS) is 15.1. The average Bonchev–Trinajstić information content (AvgIpc) is 3.09. The summed E-state index contributed by atoms with van der Waals surface area (Å²) in [5, 5.41) is 0. The summed E-state index contributed by atoms with van der Waals surface area (Å²) in [5.41, 5.74) is 3.57. The molecule has 4 rings (SSSR count). The maximum absolute atomic E-state index is 13.1. The van der Waals surface area contributed by atoms with E-state index in [0.717, 1.165) is 16.8 Å². The van der Waals surface area contributed by atoms with Crippen molar-refractivity contribution < 1.29 is 22.1 Å². The molecule has 0 bridgehead atoms. The number of anilines is 1. The predicted molar refractivity (Wildman–Crippen MR) is 139 cm³/mol. The van der Waals surface area contributed by atoms with Crippen molar-refractivity contribution in [3.05, 3.63) is 88.3 Å². The zero-order chi connectivity index (χ0) is 24.5. The number of amides is 1. The number of carbonyl (C=O) groups is 1. The van der Waals surface area contributed by atoms with E-state index in [9.17, 15) is 13.2 Å². The highest BCUT2D eigenvalue weighted by atomic mass is 32.2. The number of methoxy groups -OCH3 is 1. The zero-order valence-corrected chi connectivity index (χ0v) is 21.1. The first-order valence-corrected chi connectivity index (χ1v) is 12.9. The molecule has 9 heteroatoms. The number of benzene rings is 3. The van der Waals surface area contributed by atoms with E-state index < -0.39 is 10.1 Å². The minimum Gasteiger partial charge on any atom is -0.493 e. The number of ether oxygens (including phenoxy) is 1. The van der Waals surface area contributed by atoms with Gasteiger partial charge in [-0.3, -0.25) is 9.69 Å². The monoisotopic (exact) mass is 511 g/mol. The number of hydrogen-bond donors (Lipinski definition) is 0. The summed E-state index contributed by atoms with van der Waals surface area (Å²) >= 11 is 6.67. The lowest BCUT2D eigenvalue weighted by Crippen LogP contribution is -2.27. The maximum atomic E-state index is 13.1. The molecule has 0 spiro atoms. The van der Waals surface area contributed by atoms with Crippen molar-refractivity contribution in [2.24, 2.45) is 0 Å². The van der Waals surface area contributed by atoms with Crippen LogP contribution < -0.4 is 13.8 Å². The Bertz CT molecular complexity index is 1420. The molecule has 1 aliphatic rings. The van der Waals surface area contributed by atoms with E-state index in [1.54, 1.807) is 36.4 Å². The fourth-order valence-corrected chi connectivity index (χ4v) is 5.56. The summed E-state index contributed by atoms with van der Waals surface area (Å²) in [7, 11) is -2.60. The Morgan fingerprint density at radius 1 is 0.941 bits per heavy atom. The fourth-order valence-electron chi connectivity index (χ4n) is 3.30. The molecule has 0 unspecified atom stereocenters. The van der Waals surface area contributed by atoms with Gasteiger partial charge >= 0.3 is 10.1 Å². The van der Waals surface area contributed by atoms with Gasteiger partial charge in [-0.15, -0.1) is 0 Å². The van der Waals surface area contributed by atoms with Crippen LogP contribution in [0.3, 0.4) is 0 Å². The molecule has 1 aliphatic heterocycles. The molecule has 1 heterocycles. The Balaban J connectivity index is 1.60. The van der Waals surface area contributed by atoms with E-state index in [4.69, 9.17) is 21.1 Å². The van der Waals surface area contributed by atoms with Crippen molar-refractivity contribution in [1.29, 1.82) is 0 Å². The Kier molecular flexibility index (Phi) is 6.79. The molecular weight excluding hydrogens is 490 g/mol. The number of nitrogens with zero attached hydrogens (tertiary/aromatic N) is 1. The second-order valence-corrected chi connectivity index (χ2v) is 10.8.